The summed E-state index contributed by atoms with van der Waals surface area (Å²) in [5.41, 5.74) is 2.22. The third-order valence-corrected chi connectivity index (χ3v) is 5.29. The summed E-state index contributed by atoms with van der Waals surface area (Å²) in [6.07, 6.45) is 0.0742. The first kappa shape index (κ1) is 19.1. The van der Waals surface area contributed by atoms with Crippen molar-refractivity contribution in [1.82, 2.24) is 0 Å². The fourth-order valence-corrected chi connectivity index (χ4v) is 3.70. The smallest absolute Gasteiger partial charge is 0.238 e. The molecule has 0 heterocycles. The molecule has 0 aromatic heterocycles. The molecule has 0 aliphatic rings. The van der Waals surface area contributed by atoms with Gasteiger partial charge in [0.2, 0.25) is 15.9 Å². The van der Waals surface area contributed by atoms with Crippen molar-refractivity contribution in [3.63, 3.8) is 0 Å². The Morgan fingerprint density at radius 3 is 2.30 bits per heavy atom. The number of sulfonamides is 1. The normalized spacial score (nSPS) is 11.2. The highest BCUT2D eigenvalue weighted by molar-refractivity contribution is 7.89. The summed E-state index contributed by atoms with van der Waals surface area (Å²) in [5, 5.41) is 8.57. The number of benzene rings is 3. The molecule has 3 rings (SSSR count). The molecule has 3 aromatic rings. The molecule has 3 aromatic carbocycles. The molecule has 1 amide bonds. The number of carbonyl (C=O) groups is 1. The zero-order valence-corrected chi connectivity index (χ0v) is 15.8. The SMILES string of the molecule is NS(=O)(=O)c1cc(NC(=O)Cc2ccccc2Cl)ccc1-c1ccccc1. The number of halogens is 1. The van der Waals surface area contributed by atoms with Gasteiger partial charge in [-0.05, 0) is 29.3 Å². The quantitative estimate of drug-likeness (QED) is 0.681. The number of carbonyl (C=O) groups excluding carboxylic acids is 1. The van der Waals surface area contributed by atoms with E-state index in [9.17, 15) is 13.2 Å². The van der Waals surface area contributed by atoms with E-state index in [1.54, 1.807) is 48.5 Å². The molecule has 138 valence electrons. The van der Waals surface area contributed by atoms with Crippen LogP contribution in [0.5, 0.6) is 0 Å². The van der Waals surface area contributed by atoms with E-state index < -0.39 is 10.0 Å². The minimum Gasteiger partial charge on any atom is -0.326 e. The Labute approximate surface area is 162 Å². The van der Waals surface area contributed by atoms with Crippen LogP contribution in [-0.2, 0) is 21.2 Å². The van der Waals surface area contributed by atoms with E-state index in [4.69, 9.17) is 16.7 Å². The van der Waals surface area contributed by atoms with Crippen LogP contribution in [0.2, 0.25) is 5.02 Å². The Hall–Kier alpha value is -2.67. The molecule has 7 heteroatoms. The van der Waals surface area contributed by atoms with Gasteiger partial charge in [0.05, 0.1) is 11.3 Å². The summed E-state index contributed by atoms with van der Waals surface area (Å²) in [7, 11) is -3.98. The van der Waals surface area contributed by atoms with Gasteiger partial charge in [0, 0.05) is 16.3 Å². The maximum absolute atomic E-state index is 12.3. The lowest BCUT2D eigenvalue weighted by Gasteiger charge is -2.12. The molecule has 0 bridgehead atoms. The van der Waals surface area contributed by atoms with Crippen LogP contribution in [0.1, 0.15) is 5.56 Å². The van der Waals surface area contributed by atoms with Crippen LogP contribution in [-0.4, -0.2) is 14.3 Å². The third kappa shape index (κ3) is 4.74. The van der Waals surface area contributed by atoms with Crippen molar-refractivity contribution in [2.75, 3.05) is 5.32 Å². The molecule has 0 unspecified atom stereocenters. The van der Waals surface area contributed by atoms with Crippen LogP contribution in [0.15, 0.2) is 77.7 Å². The van der Waals surface area contributed by atoms with Gasteiger partial charge in [0.25, 0.3) is 0 Å². The number of nitrogens with one attached hydrogen (secondary N) is 1. The lowest BCUT2D eigenvalue weighted by atomic mass is 10.1. The molecular formula is C20H17ClN2O3S. The van der Waals surface area contributed by atoms with Crippen molar-refractivity contribution in [1.29, 1.82) is 0 Å². The van der Waals surface area contributed by atoms with Crippen LogP contribution in [0.25, 0.3) is 11.1 Å². The predicted molar refractivity (Wildman–Crippen MR) is 107 cm³/mol. The van der Waals surface area contributed by atoms with Gasteiger partial charge >= 0.3 is 0 Å². The van der Waals surface area contributed by atoms with Gasteiger partial charge in [-0.25, -0.2) is 13.6 Å². The van der Waals surface area contributed by atoms with Gasteiger partial charge in [-0.3, -0.25) is 4.79 Å². The average Bonchev–Trinajstić information content (AvgIpc) is 2.63. The van der Waals surface area contributed by atoms with Crippen LogP contribution < -0.4 is 10.5 Å². The van der Waals surface area contributed by atoms with Gasteiger partial charge in [0.15, 0.2) is 0 Å². The Kier molecular flexibility index (Phi) is 5.60. The molecule has 0 aliphatic carbocycles. The number of nitrogens with two attached hydrogens (primary N) is 1. The molecule has 3 N–H and O–H groups in total. The average molecular weight is 401 g/mol. The maximum atomic E-state index is 12.3. The summed E-state index contributed by atoms with van der Waals surface area (Å²) in [5.74, 6) is -0.309. The highest BCUT2D eigenvalue weighted by Gasteiger charge is 2.17. The van der Waals surface area contributed by atoms with Crippen molar-refractivity contribution in [3.8, 4) is 11.1 Å². The van der Waals surface area contributed by atoms with Gasteiger partial charge in [-0.15, -0.1) is 0 Å². The molecule has 0 radical (unpaired) electrons. The van der Waals surface area contributed by atoms with Gasteiger partial charge in [-0.2, -0.15) is 0 Å². The van der Waals surface area contributed by atoms with Crippen molar-refractivity contribution in [2.45, 2.75) is 11.3 Å². The van der Waals surface area contributed by atoms with E-state index in [-0.39, 0.29) is 17.2 Å². The fourth-order valence-electron chi connectivity index (χ4n) is 2.71. The first-order chi connectivity index (χ1) is 12.8. The summed E-state index contributed by atoms with van der Waals surface area (Å²) in [6, 6.07) is 20.7. The van der Waals surface area contributed by atoms with Crippen molar-refractivity contribution in [3.05, 3.63) is 83.4 Å². The second kappa shape index (κ2) is 7.92. The molecule has 5 nitrogen and oxygen atoms in total. The number of anilines is 1. The molecule has 0 fully saturated rings. The highest BCUT2D eigenvalue weighted by atomic mass is 35.5. The largest absolute Gasteiger partial charge is 0.326 e. The van der Waals surface area contributed by atoms with E-state index in [1.807, 2.05) is 18.2 Å². The van der Waals surface area contributed by atoms with Crippen LogP contribution in [0.3, 0.4) is 0 Å². The van der Waals surface area contributed by atoms with E-state index in [0.29, 0.717) is 21.8 Å². The van der Waals surface area contributed by atoms with Crippen molar-refractivity contribution in [2.24, 2.45) is 5.14 Å². The minimum atomic E-state index is -3.98. The molecule has 0 saturated carbocycles. The van der Waals surface area contributed by atoms with Crippen LogP contribution >= 0.6 is 11.6 Å². The Bertz CT molecular complexity index is 1080. The number of amides is 1. The Balaban J connectivity index is 1.89. The molecule has 27 heavy (non-hydrogen) atoms. The monoisotopic (exact) mass is 400 g/mol. The molecular weight excluding hydrogens is 384 g/mol. The highest BCUT2D eigenvalue weighted by Crippen LogP contribution is 2.29. The van der Waals surface area contributed by atoms with Gasteiger partial charge in [-0.1, -0.05) is 66.2 Å². The topological polar surface area (TPSA) is 89.3 Å². The molecule has 0 atom stereocenters. The number of rotatable bonds is 5. The predicted octanol–water partition coefficient (Wildman–Crippen LogP) is 3.84. The van der Waals surface area contributed by atoms with Gasteiger partial charge < -0.3 is 5.32 Å². The first-order valence-electron chi connectivity index (χ1n) is 8.10. The third-order valence-electron chi connectivity index (χ3n) is 3.97. The van der Waals surface area contributed by atoms with Crippen molar-refractivity contribution >= 4 is 33.2 Å². The number of hydrogen-bond acceptors (Lipinski definition) is 3. The minimum absolute atomic E-state index is 0.0516. The Morgan fingerprint density at radius 2 is 1.63 bits per heavy atom. The molecule has 0 aliphatic heterocycles. The zero-order chi connectivity index (χ0) is 19.4. The van der Waals surface area contributed by atoms with E-state index in [1.165, 1.54) is 6.07 Å². The standard InChI is InChI=1S/C20H17ClN2O3S/c21-18-9-5-4-8-15(18)12-20(24)23-16-10-11-17(14-6-2-1-3-7-14)19(13-16)27(22,25)26/h1-11,13H,12H2,(H,23,24)(H2,22,25,26). The second-order valence-electron chi connectivity index (χ2n) is 5.94. The molecule has 0 spiro atoms. The summed E-state index contributed by atoms with van der Waals surface area (Å²) >= 11 is 6.07. The summed E-state index contributed by atoms with van der Waals surface area (Å²) < 4.78 is 24.1. The summed E-state index contributed by atoms with van der Waals surface area (Å²) in [6.45, 7) is 0. The van der Waals surface area contributed by atoms with E-state index >= 15 is 0 Å². The van der Waals surface area contributed by atoms with Gasteiger partial charge in [0.1, 0.15) is 0 Å². The number of primary sulfonamides is 1. The van der Waals surface area contributed by atoms with Crippen LogP contribution in [0, 0.1) is 0 Å². The number of hydrogen-bond donors (Lipinski definition) is 2. The Morgan fingerprint density at radius 1 is 0.963 bits per heavy atom. The fraction of sp³-hybridized carbons (Fsp3) is 0.0500. The zero-order valence-electron chi connectivity index (χ0n) is 14.2. The molecule has 0 saturated heterocycles. The van der Waals surface area contributed by atoms with E-state index in [2.05, 4.69) is 5.32 Å². The van der Waals surface area contributed by atoms with Crippen molar-refractivity contribution < 1.29 is 13.2 Å². The first-order valence-corrected chi connectivity index (χ1v) is 10.0. The summed E-state index contributed by atoms with van der Waals surface area (Å²) in [4.78, 5) is 12.2. The lowest BCUT2D eigenvalue weighted by Crippen LogP contribution is -2.17. The second-order valence-corrected chi connectivity index (χ2v) is 7.88. The van der Waals surface area contributed by atoms with Crippen LogP contribution in [0.4, 0.5) is 5.69 Å². The lowest BCUT2D eigenvalue weighted by molar-refractivity contribution is -0.115. The maximum Gasteiger partial charge on any atom is 0.238 e. The van der Waals surface area contributed by atoms with E-state index in [0.717, 1.165) is 5.56 Å².